The van der Waals surface area contributed by atoms with Gasteiger partial charge in [0.1, 0.15) is 5.75 Å². The molecular formula is C17H19ClN4O. The molecule has 6 heteroatoms. The third-order valence-corrected chi connectivity index (χ3v) is 4.10. The number of phenolic OH excluding ortho intramolecular Hbond substituents is 1. The van der Waals surface area contributed by atoms with Crippen LogP contribution in [0.5, 0.6) is 5.75 Å². The van der Waals surface area contributed by atoms with Gasteiger partial charge in [-0.3, -0.25) is 0 Å². The highest BCUT2D eigenvalue weighted by Crippen LogP contribution is 2.37. The Balaban J connectivity index is 2.27. The van der Waals surface area contributed by atoms with E-state index in [2.05, 4.69) is 17.2 Å². The predicted molar refractivity (Wildman–Crippen MR) is 94.0 cm³/mol. The summed E-state index contributed by atoms with van der Waals surface area (Å²) in [6.45, 7) is 3.31. The molecule has 0 aliphatic heterocycles. The van der Waals surface area contributed by atoms with E-state index in [1.54, 1.807) is 18.3 Å². The van der Waals surface area contributed by atoms with Crippen molar-refractivity contribution in [1.82, 2.24) is 9.38 Å². The van der Waals surface area contributed by atoms with Crippen molar-refractivity contribution in [1.29, 1.82) is 0 Å². The zero-order valence-electron chi connectivity index (χ0n) is 12.9. The van der Waals surface area contributed by atoms with Gasteiger partial charge in [0.15, 0.2) is 5.65 Å². The summed E-state index contributed by atoms with van der Waals surface area (Å²) in [6, 6.07) is 4.96. The lowest BCUT2D eigenvalue weighted by Crippen LogP contribution is -2.10. The average Bonchev–Trinajstić information content (AvgIpc) is 3.00. The molecular weight excluding hydrogens is 312 g/mol. The maximum atomic E-state index is 9.58. The maximum absolute atomic E-state index is 9.58. The standard InChI is InChI=1S/C17H19ClN4O/c1-2-5-20-16-13(9-19)14(10-22-7-6-21-17(16)22)12-4-3-11(23)8-15(12)18/h3-4,6-8,10,20,23H,2,5,9,19H2,1H3. The third-order valence-electron chi connectivity index (χ3n) is 3.79. The summed E-state index contributed by atoms with van der Waals surface area (Å²) in [5.74, 6) is 0.140. The van der Waals surface area contributed by atoms with Crippen LogP contribution in [-0.4, -0.2) is 21.0 Å². The van der Waals surface area contributed by atoms with E-state index in [0.717, 1.165) is 41.0 Å². The second-order valence-electron chi connectivity index (χ2n) is 5.35. The van der Waals surface area contributed by atoms with Crippen LogP contribution in [-0.2, 0) is 6.54 Å². The summed E-state index contributed by atoms with van der Waals surface area (Å²) in [7, 11) is 0. The van der Waals surface area contributed by atoms with E-state index in [9.17, 15) is 5.11 Å². The Morgan fingerprint density at radius 2 is 2.17 bits per heavy atom. The first kappa shape index (κ1) is 15.6. The molecule has 3 rings (SSSR count). The fraction of sp³-hybridized carbons (Fsp3) is 0.235. The lowest BCUT2D eigenvalue weighted by atomic mass is 10.00. The lowest BCUT2D eigenvalue weighted by Gasteiger charge is -2.17. The van der Waals surface area contributed by atoms with E-state index in [4.69, 9.17) is 17.3 Å². The summed E-state index contributed by atoms with van der Waals surface area (Å²) in [4.78, 5) is 4.42. The van der Waals surface area contributed by atoms with E-state index in [-0.39, 0.29) is 5.75 Å². The number of aromatic nitrogens is 2. The van der Waals surface area contributed by atoms with E-state index in [0.29, 0.717) is 11.6 Å². The van der Waals surface area contributed by atoms with Gasteiger partial charge in [-0.05, 0) is 24.6 Å². The van der Waals surface area contributed by atoms with Crippen molar-refractivity contribution >= 4 is 22.9 Å². The van der Waals surface area contributed by atoms with Crippen molar-refractivity contribution in [3.05, 3.63) is 47.4 Å². The van der Waals surface area contributed by atoms with Crippen molar-refractivity contribution in [3.63, 3.8) is 0 Å². The largest absolute Gasteiger partial charge is 0.508 e. The first-order valence-electron chi connectivity index (χ1n) is 7.57. The first-order valence-corrected chi connectivity index (χ1v) is 7.94. The van der Waals surface area contributed by atoms with Gasteiger partial charge in [-0.25, -0.2) is 4.98 Å². The van der Waals surface area contributed by atoms with E-state index < -0.39 is 0 Å². The summed E-state index contributed by atoms with van der Waals surface area (Å²) in [6.07, 6.45) is 6.63. The first-order chi connectivity index (χ1) is 11.2. The van der Waals surface area contributed by atoms with Gasteiger partial charge in [-0.2, -0.15) is 0 Å². The van der Waals surface area contributed by atoms with Crippen molar-refractivity contribution in [2.45, 2.75) is 19.9 Å². The minimum atomic E-state index is 0.140. The van der Waals surface area contributed by atoms with Crippen LogP contribution in [0.4, 0.5) is 5.69 Å². The zero-order valence-corrected chi connectivity index (χ0v) is 13.6. The number of hydrogen-bond acceptors (Lipinski definition) is 4. The molecule has 4 N–H and O–H groups in total. The molecule has 0 radical (unpaired) electrons. The van der Waals surface area contributed by atoms with Crippen LogP contribution in [0.25, 0.3) is 16.8 Å². The highest BCUT2D eigenvalue weighted by Gasteiger charge is 2.16. The Morgan fingerprint density at radius 1 is 1.35 bits per heavy atom. The summed E-state index contributed by atoms with van der Waals surface area (Å²) in [5.41, 5.74) is 10.5. The Bertz CT molecular complexity index is 844. The number of nitrogens with zero attached hydrogens (tertiary/aromatic N) is 2. The highest BCUT2D eigenvalue weighted by atomic mass is 35.5. The van der Waals surface area contributed by atoms with E-state index in [1.165, 1.54) is 6.07 Å². The normalized spacial score (nSPS) is 11.1. The fourth-order valence-corrected chi connectivity index (χ4v) is 2.98. The molecule has 0 aliphatic rings. The summed E-state index contributed by atoms with van der Waals surface area (Å²) >= 11 is 6.33. The van der Waals surface area contributed by atoms with Crippen LogP contribution in [0.1, 0.15) is 18.9 Å². The Morgan fingerprint density at radius 3 is 2.87 bits per heavy atom. The summed E-state index contributed by atoms with van der Waals surface area (Å²) < 4.78 is 1.95. The number of anilines is 1. The number of pyridine rings is 1. The van der Waals surface area contributed by atoms with Gasteiger partial charge in [0.2, 0.25) is 0 Å². The van der Waals surface area contributed by atoms with Gasteiger partial charge in [0.05, 0.1) is 10.7 Å². The van der Waals surface area contributed by atoms with E-state index >= 15 is 0 Å². The molecule has 0 amide bonds. The molecule has 1 aromatic carbocycles. The van der Waals surface area contributed by atoms with Crippen LogP contribution in [0.3, 0.4) is 0 Å². The van der Waals surface area contributed by atoms with Crippen molar-refractivity contribution < 1.29 is 5.11 Å². The van der Waals surface area contributed by atoms with Crippen LogP contribution in [0, 0.1) is 0 Å². The minimum Gasteiger partial charge on any atom is -0.508 e. The minimum absolute atomic E-state index is 0.140. The molecule has 0 saturated carbocycles. The van der Waals surface area contributed by atoms with Crippen LogP contribution < -0.4 is 11.1 Å². The van der Waals surface area contributed by atoms with Gasteiger partial charge < -0.3 is 20.6 Å². The zero-order chi connectivity index (χ0) is 16.4. The molecule has 0 aliphatic carbocycles. The quantitative estimate of drug-likeness (QED) is 0.667. The predicted octanol–water partition coefficient (Wildman–Crippen LogP) is 3.64. The number of rotatable bonds is 5. The fourth-order valence-electron chi connectivity index (χ4n) is 2.70. The molecule has 5 nitrogen and oxygen atoms in total. The van der Waals surface area contributed by atoms with Crippen LogP contribution in [0.15, 0.2) is 36.8 Å². The maximum Gasteiger partial charge on any atom is 0.160 e. The average molecular weight is 331 g/mol. The third kappa shape index (κ3) is 2.85. The molecule has 0 saturated heterocycles. The van der Waals surface area contributed by atoms with Gasteiger partial charge in [-0.15, -0.1) is 0 Å². The second kappa shape index (κ2) is 6.48. The van der Waals surface area contributed by atoms with Gasteiger partial charge in [0, 0.05) is 48.4 Å². The number of nitrogens with two attached hydrogens (primary N) is 1. The van der Waals surface area contributed by atoms with Crippen molar-refractivity contribution in [2.24, 2.45) is 5.73 Å². The molecule has 2 aromatic heterocycles. The molecule has 3 aromatic rings. The highest BCUT2D eigenvalue weighted by molar-refractivity contribution is 6.33. The lowest BCUT2D eigenvalue weighted by molar-refractivity contribution is 0.475. The second-order valence-corrected chi connectivity index (χ2v) is 5.76. The number of nitrogens with one attached hydrogen (secondary N) is 1. The molecule has 120 valence electrons. The van der Waals surface area contributed by atoms with Crippen LogP contribution >= 0.6 is 11.6 Å². The number of hydrogen-bond donors (Lipinski definition) is 3. The molecule has 0 fully saturated rings. The number of fused-ring (bicyclic) bond motifs is 1. The van der Waals surface area contributed by atoms with Crippen molar-refractivity contribution in [2.75, 3.05) is 11.9 Å². The van der Waals surface area contributed by atoms with Gasteiger partial charge >= 0.3 is 0 Å². The van der Waals surface area contributed by atoms with Crippen LogP contribution in [0.2, 0.25) is 5.02 Å². The Labute approximate surface area is 139 Å². The molecule has 0 unspecified atom stereocenters. The molecule has 0 spiro atoms. The molecule has 23 heavy (non-hydrogen) atoms. The number of aromatic hydroxyl groups is 1. The molecule has 2 heterocycles. The Kier molecular flexibility index (Phi) is 4.41. The monoisotopic (exact) mass is 330 g/mol. The number of benzene rings is 1. The SMILES string of the molecule is CCCNc1c(CN)c(-c2ccc(O)cc2Cl)cn2ccnc12. The number of halogens is 1. The number of imidazole rings is 1. The number of phenols is 1. The molecule has 0 atom stereocenters. The van der Waals surface area contributed by atoms with Gasteiger partial charge in [-0.1, -0.05) is 18.5 Å². The summed E-state index contributed by atoms with van der Waals surface area (Å²) in [5, 5.41) is 13.5. The smallest absolute Gasteiger partial charge is 0.160 e. The molecule has 0 bridgehead atoms. The van der Waals surface area contributed by atoms with E-state index in [1.807, 2.05) is 16.8 Å². The van der Waals surface area contributed by atoms with Gasteiger partial charge in [0.25, 0.3) is 0 Å². The van der Waals surface area contributed by atoms with Crippen molar-refractivity contribution in [3.8, 4) is 16.9 Å². The topological polar surface area (TPSA) is 75.6 Å². The Hall–Kier alpha value is -2.24.